The minimum atomic E-state index is 0.573. The zero-order valence-electron chi connectivity index (χ0n) is 9.92. The van der Waals surface area contributed by atoms with E-state index in [1.165, 1.54) is 11.1 Å². The molecule has 0 aliphatic heterocycles. The van der Waals surface area contributed by atoms with Gasteiger partial charge in [-0.05, 0) is 11.1 Å². The molecule has 0 aliphatic rings. The van der Waals surface area contributed by atoms with Gasteiger partial charge in [-0.2, -0.15) is 0 Å². The molecule has 2 heteroatoms. The van der Waals surface area contributed by atoms with Crippen LogP contribution in [-0.4, -0.2) is 11.6 Å². The highest BCUT2D eigenvalue weighted by atomic mass is 15.2. The molecule has 2 aromatic carbocycles. The van der Waals surface area contributed by atoms with Gasteiger partial charge >= 0.3 is 0 Å². The van der Waals surface area contributed by atoms with E-state index in [1.54, 1.807) is 0 Å². The van der Waals surface area contributed by atoms with E-state index in [9.17, 15) is 0 Å². The van der Waals surface area contributed by atoms with Gasteiger partial charge in [0.15, 0.2) is 0 Å². The lowest BCUT2D eigenvalue weighted by molar-refractivity contribution is 0.264. The Hall–Kier alpha value is -1.64. The van der Waals surface area contributed by atoms with Crippen molar-refractivity contribution < 1.29 is 0 Å². The van der Waals surface area contributed by atoms with Gasteiger partial charge < -0.3 is 5.73 Å². The summed E-state index contributed by atoms with van der Waals surface area (Å²) in [6.45, 7) is 2.36. The number of hydrogen-bond donors (Lipinski definition) is 1. The lowest BCUT2D eigenvalue weighted by Gasteiger charge is -2.20. The van der Waals surface area contributed by atoms with Crippen LogP contribution in [-0.2, 0) is 13.1 Å². The largest absolute Gasteiger partial charge is 0.318 e. The molecular weight excluding hydrogens is 208 g/mol. The summed E-state index contributed by atoms with van der Waals surface area (Å²) in [4.78, 5) is 2.23. The summed E-state index contributed by atoms with van der Waals surface area (Å²) in [5, 5.41) is 0. The van der Waals surface area contributed by atoms with E-state index in [-0.39, 0.29) is 0 Å². The van der Waals surface area contributed by atoms with Crippen molar-refractivity contribution in [3.63, 3.8) is 0 Å². The number of benzene rings is 2. The predicted octanol–water partition coefficient (Wildman–Crippen LogP) is 2.61. The summed E-state index contributed by atoms with van der Waals surface area (Å²) < 4.78 is 0. The first-order chi connectivity index (χ1) is 8.38. The quantitative estimate of drug-likeness (QED) is 0.794. The molecule has 0 unspecified atom stereocenters. The van der Waals surface area contributed by atoms with Crippen LogP contribution in [0.25, 0.3) is 0 Å². The van der Waals surface area contributed by atoms with Crippen LogP contribution in [0.1, 0.15) is 11.1 Å². The maximum absolute atomic E-state index is 5.79. The van der Waals surface area contributed by atoms with Crippen molar-refractivity contribution in [3.05, 3.63) is 71.8 Å². The van der Waals surface area contributed by atoms with E-state index >= 15 is 0 Å². The van der Waals surface area contributed by atoms with E-state index in [0.29, 0.717) is 6.67 Å². The summed E-state index contributed by atoms with van der Waals surface area (Å²) in [6.07, 6.45) is 0. The molecule has 0 amide bonds. The Morgan fingerprint density at radius 2 is 1.12 bits per heavy atom. The first kappa shape index (κ1) is 11.8. The van der Waals surface area contributed by atoms with Crippen molar-refractivity contribution in [2.45, 2.75) is 13.1 Å². The Morgan fingerprint density at radius 1 is 0.706 bits per heavy atom. The fourth-order valence-electron chi connectivity index (χ4n) is 1.87. The highest BCUT2D eigenvalue weighted by molar-refractivity contribution is 5.16. The predicted molar refractivity (Wildman–Crippen MR) is 71.2 cm³/mol. The summed E-state index contributed by atoms with van der Waals surface area (Å²) in [5.41, 5.74) is 8.39. The fourth-order valence-corrected chi connectivity index (χ4v) is 1.87. The molecule has 0 atom stereocenters. The summed E-state index contributed by atoms with van der Waals surface area (Å²) in [6, 6.07) is 20.8. The zero-order chi connectivity index (χ0) is 11.9. The molecule has 0 aliphatic carbocycles. The van der Waals surface area contributed by atoms with Gasteiger partial charge in [0, 0.05) is 19.8 Å². The van der Waals surface area contributed by atoms with E-state index in [4.69, 9.17) is 5.73 Å². The molecule has 0 heterocycles. The molecule has 0 saturated carbocycles. The molecule has 2 N–H and O–H groups in total. The van der Waals surface area contributed by atoms with Crippen LogP contribution >= 0.6 is 0 Å². The van der Waals surface area contributed by atoms with Crippen molar-refractivity contribution in [1.82, 2.24) is 4.90 Å². The average molecular weight is 226 g/mol. The van der Waals surface area contributed by atoms with Crippen molar-refractivity contribution >= 4 is 0 Å². The Morgan fingerprint density at radius 3 is 1.47 bits per heavy atom. The van der Waals surface area contributed by atoms with Crippen molar-refractivity contribution in [1.29, 1.82) is 0 Å². The third-order valence-electron chi connectivity index (χ3n) is 2.76. The van der Waals surface area contributed by atoms with E-state index < -0.39 is 0 Å². The number of rotatable bonds is 5. The van der Waals surface area contributed by atoms with Crippen LogP contribution in [0.15, 0.2) is 60.7 Å². The number of nitrogens with zero attached hydrogens (tertiary/aromatic N) is 1. The van der Waals surface area contributed by atoms with Crippen molar-refractivity contribution in [3.8, 4) is 0 Å². The summed E-state index contributed by atoms with van der Waals surface area (Å²) in [7, 11) is 0. The Labute approximate surface area is 103 Å². The van der Waals surface area contributed by atoms with Crippen LogP contribution < -0.4 is 5.73 Å². The van der Waals surface area contributed by atoms with Crippen molar-refractivity contribution in [2.75, 3.05) is 6.67 Å². The molecule has 2 aromatic rings. The first-order valence-corrected chi connectivity index (χ1v) is 5.89. The van der Waals surface area contributed by atoms with Gasteiger partial charge in [0.1, 0.15) is 0 Å². The van der Waals surface area contributed by atoms with Crippen LogP contribution in [0, 0.1) is 0 Å². The lowest BCUT2D eigenvalue weighted by Crippen LogP contribution is -2.29. The number of nitrogens with two attached hydrogens (primary N) is 1. The van der Waals surface area contributed by atoms with Crippen molar-refractivity contribution in [2.24, 2.45) is 5.73 Å². The average Bonchev–Trinajstić information content (AvgIpc) is 2.40. The smallest absolute Gasteiger partial charge is 0.0462 e. The second-order valence-corrected chi connectivity index (χ2v) is 4.14. The zero-order valence-corrected chi connectivity index (χ0v) is 9.92. The maximum Gasteiger partial charge on any atom is 0.0462 e. The molecular formula is C15H18N2. The molecule has 0 fully saturated rings. The third kappa shape index (κ3) is 3.70. The molecule has 0 spiro atoms. The number of hydrogen-bond acceptors (Lipinski definition) is 2. The van der Waals surface area contributed by atoms with E-state index in [0.717, 1.165) is 13.1 Å². The van der Waals surface area contributed by atoms with Crippen LogP contribution in [0.2, 0.25) is 0 Å². The SMILES string of the molecule is NCN(Cc1ccccc1)Cc1ccccc1. The normalized spacial score (nSPS) is 10.7. The van der Waals surface area contributed by atoms with Gasteiger partial charge in [0.25, 0.3) is 0 Å². The molecule has 2 rings (SSSR count). The highest BCUT2D eigenvalue weighted by Gasteiger charge is 2.04. The molecule has 17 heavy (non-hydrogen) atoms. The van der Waals surface area contributed by atoms with Gasteiger partial charge in [-0.25, -0.2) is 0 Å². The van der Waals surface area contributed by atoms with Gasteiger partial charge in [-0.15, -0.1) is 0 Å². The van der Waals surface area contributed by atoms with E-state index in [1.807, 2.05) is 12.1 Å². The van der Waals surface area contributed by atoms with Gasteiger partial charge in [-0.3, -0.25) is 4.90 Å². The van der Waals surface area contributed by atoms with Crippen LogP contribution in [0.5, 0.6) is 0 Å². The first-order valence-electron chi connectivity index (χ1n) is 5.89. The molecule has 0 saturated heterocycles. The van der Waals surface area contributed by atoms with Gasteiger partial charge in [-0.1, -0.05) is 60.7 Å². The molecule has 0 radical (unpaired) electrons. The maximum atomic E-state index is 5.79. The molecule has 2 nitrogen and oxygen atoms in total. The fraction of sp³-hybridized carbons (Fsp3) is 0.200. The second-order valence-electron chi connectivity index (χ2n) is 4.14. The Bertz CT molecular complexity index is 384. The minimum absolute atomic E-state index is 0.573. The second kappa shape index (κ2) is 6.18. The molecule has 0 bridgehead atoms. The van der Waals surface area contributed by atoms with Crippen LogP contribution in [0.4, 0.5) is 0 Å². The minimum Gasteiger partial charge on any atom is -0.318 e. The monoisotopic (exact) mass is 226 g/mol. The lowest BCUT2D eigenvalue weighted by atomic mass is 10.2. The third-order valence-corrected chi connectivity index (χ3v) is 2.76. The topological polar surface area (TPSA) is 29.3 Å². The van der Waals surface area contributed by atoms with Gasteiger partial charge in [0.2, 0.25) is 0 Å². The standard InChI is InChI=1S/C15H18N2/c16-13-17(11-14-7-3-1-4-8-14)12-15-9-5-2-6-10-15/h1-10H,11-13,16H2. The molecule has 88 valence electrons. The summed E-state index contributed by atoms with van der Waals surface area (Å²) >= 11 is 0. The van der Waals surface area contributed by atoms with Gasteiger partial charge in [0.05, 0.1) is 0 Å². The highest BCUT2D eigenvalue weighted by Crippen LogP contribution is 2.08. The summed E-state index contributed by atoms with van der Waals surface area (Å²) in [5.74, 6) is 0. The Balaban J connectivity index is 1.98. The Kier molecular flexibility index (Phi) is 4.30. The van der Waals surface area contributed by atoms with Crippen LogP contribution in [0.3, 0.4) is 0 Å². The molecule has 0 aromatic heterocycles. The van der Waals surface area contributed by atoms with E-state index in [2.05, 4.69) is 53.4 Å².